The van der Waals surface area contributed by atoms with Crippen molar-refractivity contribution in [2.75, 3.05) is 26.0 Å². The van der Waals surface area contributed by atoms with Crippen molar-refractivity contribution in [3.8, 4) is 0 Å². The second-order valence-electron chi connectivity index (χ2n) is 6.11. The summed E-state index contributed by atoms with van der Waals surface area (Å²) in [5.74, 6) is 0.482. The van der Waals surface area contributed by atoms with E-state index < -0.39 is 10.0 Å². The maximum absolute atomic E-state index is 12.0. The summed E-state index contributed by atoms with van der Waals surface area (Å²) in [4.78, 5) is 12.0. The summed E-state index contributed by atoms with van der Waals surface area (Å²) < 4.78 is 40.8. The number of aromatic nitrogens is 1. The standard InChI is InChI=1S/C15H25N3O6S/c1-10-12(11(2)24-18-10)8-23-14-9-22-7-5-13(14)17-15(19)4-6-16-25(3,20)21/h13-14,16H,4-9H2,1-3H3,(H,17,19). The number of nitrogens with one attached hydrogen (secondary N) is 2. The number of rotatable bonds is 8. The molecule has 25 heavy (non-hydrogen) atoms. The fourth-order valence-corrected chi connectivity index (χ4v) is 3.04. The van der Waals surface area contributed by atoms with Crippen molar-refractivity contribution in [2.45, 2.75) is 45.4 Å². The van der Waals surface area contributed by atoms with E-state index in [4.69, 9.17) is 14.0 Å². The van der Waals surface area contributed by atoms with Gasteiger partial charge in [-0.3, -0.25) is 4.79 Å². The minimum absolute atomic E-state index is 0.0679. The summed E-state index contributed by atoms with van der Waals surface area (Å²) in [5, 5.41) is 6.79. The molecule has 1 fully saturated rings. The molecule has 2 unspecified atom stereocenters. The fourth-order valence-electron chi connectivity index (χ4n) is 2.57. The molecule has 0 bridgehead atoms. The maximum Gasteiger partial charge on any atom is 0.221 e. The van der Waals surface area contributed by atoms with Gasteiger partial charge in [0.1, 0.15) is 11.9 Å². The van der Waals surface area contributed by atoms with Crippen LogP contribution in [0.2, 0.25) is 0 Å². The Kier molecular flexibility index (Phi) is 6.94. The number of carbonyl (C=O) groups excluding carboxylic acids is 1. The van der Waals surface area contributed by atoms with Crippen LogP contribution in [0, 0.1) is 13.8 Å². The van der Waals surface area contributed by atoms with E-state index in [1.54, 1.807) is 0 Å². The Morgan fingerprint density at radius 1 is 1.40 bits per heavy atom. The fraction of sp³-hybridized carbons (Fsp3) is 0.733. The number of carbonyl (C=O) groups is 1. The molecule has 0 spiro atoms. The minimum atomic E-state index is -3.30. The Balaban J connectivity index is 1.84. The molecule has 2 heterocycles. The Hall–Kier alpha value is -1.49. The first-order valence-electron chi connectivity index (χ1n) is 8.11. The summed E-state index contributed by atoms with van der Waals surface area (Å²) in [5.41, 5.74) is 1.68. The monoisotopic (exact) mass is 375 g/mol. The predicted octanol–water partition coefficient (Wildman–Crippen LogP) is 0.0210. The molecule has 2 atom stereocenters. The lowest BCUT2D eigenvalue weighted by Gasteiger charge is -2.32. The Morgan fingerprint density at radius 2 is 2.16 bits per heavy atom. The summed E-state index contributed by atoms with van der Waals surface area (Å²) in [6.07, 6.45) is 1.48. The highest BCUT2D eigenvalue weighted by atomic mass is 32.2. The molecule has 0 radical (unpaired) electrons. The zero-order valence-corrected chi connectivity index (χ0v) is 15.5. The third-order valence-electron chi connectivity index (χ3n) is 3.99. The van der Waals surface area contributed by atoms with Crippen molar-refractivity contribution in [3.63, 3.8) is 0 Å². The molecule has 1 amide bonds. The molecule has 1 aliphatic rings. The van der Waals surface area contributed by atoms with E-state index in [1.807, 2.05) is 13.8 Å². The zero-order chi connectivity index (χ0) is 18.4. The van der Waals surface area contributed by atoms with Crippen LogP contribution in [-0.4, -0.2) is 57.6 Å². The second-order valence-corrected chi connectivity index (χ2v) is 7.94. The van der Waals surface area contributed by atoms with Gasteiger partial charge in [-0.05, 0) is 20.3 Å². The number of sulfonamides is 1. The van der Waals surface area contributed by atoms with Gasteiger partial charge in [-0.25, -0.2) is 13.1 Å². The Morgan fingerprint density at radius 3 is 2.80 bits per heavy atom. The lowest BCUT2D eigenvalue weighted by Crippen LogP contribution is -2.50. The van der Waals surface area contributed by atoms with Crippen LogP contribution in [0.25, 0.3) is 0 Å². The molecule has 0 aromatic carbocycles. The zero-order valence-electron chi connectivity index (χ0n) is 14.7. The van der Waals surface area contributed by atoms with Crippen molar-refractivity contribution in [1.82, 2.24) is 15.2 Å². The van der Waals surface area contributed by atoms with E-state index in [0.717, 1.165) is 17.5 Å². The van der Waals surface area contributed by atoms with E-state index in [9.17, 15) is 13.2 Å². The highest BCUT2D eigenvalue weighted by Crippen LogP contribution is 2.18. The van der Waals surface area contributed by atoms with Crippen LogP contribution >= 0.6 is 0 Å². The quantitative estimate of drug-likeness (QED) is 0.657. The molecule has 9 nitrogen and oxygen atoms in total. The maximum atomic E-state index is 12.0. The topological polar surface area (TPSA) is 120 Å². The Labute approximate surface area is 147 Å². The van der Waals surface area contributed by atoms with Gasteiger partial charge in [0.15, 0.2) is 0 Å². The Bertz CT molecular complexity index is 668. The number of ether oxygens (including phenoxy) is 2. The van der Waals surface area contributed by atoms with E-state index >= 15 is 0 Å². The normalized spacial score (nSPS) is 21.2. The first kappa shape index (κ1) is 19.8. The van der Waals surface area contributed by atoms with Crippen LogP contribution in [0.4, 0.5) is 0 Å². The third-order valence-corrected chi connectivity index (χ3v) is 4.72. The van der Waals surface area contributed by atoms with Crippen LogP contribution < -0.4 is 10.0 Å². The molecule has 10 heteroatoms. The highest BCUT2D eigenvalue weighted by Gasteiger charge is 2.28. The van der Waals surface area contributed by atoms with Crippen molar-refractivity contribution in [1.29, 1.82) is 0 Å². The summed E-state index contributed by atoms with van der Waals surface area (Å²) in [6.45, 7) is 4.99. The van der Waals surface area contributed by atoms with E-state index in [0.29, 0.717) is 32.0 Å². The largest absolute Gasteiger partial charge is 0.379 e. The number of amides is 1. The molecule has 2 N–H and O–H groups in total. The molecule has 0 aliphatic carbocycles. The van der Waals surface area contributed by atoms with Gasteiger partial charge in [-0.15, -0.1) is 0 Å². The molecule has 0 saturated carbocycles. The molecule has 1 saturated heterocycles. The molecule has 2 rings (SSSR count). The van der Waals surface area contributed by atoms with Gasteiger partial charge < -0.3 is 19.3 Å². The van der Waals surface area contributed by atoms with Gasteiger partial charge in [0, 0.05) is 25.1 Å². The smallest absolute Gasteiger partial charge is 0.221 e. The molecule has 1 aromatic rings. The van der Waals surface area contributed by atoms with Gasteiger partial charge in [0.05, 0.1) is 31.2 Å². The number of nitrogens with zero attached hydrogens (tertiary/aromatic N) is 1. The number of aryl methyl sites for hydroxylation is 2. The van der Waals surface area contributed by atoms with Crippen LogP contribution in [0.1, 0.15) is 29.9 Å². The van der Waals surface area contributed by atoms with Gasteiger partial charge in [-0.2, -0.15) is 0 Å². The second kappa shape index (κ2) is 8.75. The van der Waals surface area contributed by atoms with Crippen LogP contribution in [0.3, 0.4) is 0 Å². The van der Waals surface area contributed by atoms with Crippen LogP contribution in [0.5, 0.6) is 0 Å². The molecular weight excluding hydrogens is 350 g/mol. The number of hydrogen-bond acceptors (Lipinski definition) is 7. The van der Waals surface area contributed by atoms with Gasteiger partial charge in [0.2, 0.25) is 15.9 Å². The third kappa shape index (κ3) is 6.38. The van der Waals surface area contributed by atoms with E-state index in [2.05, 4.69) is 15.2 Å². The first-order valence-corrected chi connectivity index (χ1v) is 10.0. The van der Waals surface area contributed by atoms with Crippen molar-refractivity contribution in [3.05, 3.63) is 17.0 Å². The van der Waals surface area contributed by atoms with Crippen molar-refractivity contribution >= 4 is 15.9 Å². The molecule has 1 aliphatic heterocycles. The minimum Gasteiger partial charge on any atom is -0.379 e. The lowest BCUT2D eigenvalue weighted by molar-refractivity contribution is -0.126. The molecule has 142 valence electrons. The van der Waals surface area contributed by atoms with Crippen LogP contribution in [0.15, 0.2) is 4.52 Å². The average molecular weight is 375 g/mol. The SMILES string of the molecule is Cc1noc(C)c1COC1COCCC1NC(=O)CCNS(C)(=O)=O. The van der Waals surface area contributed by atoms with Gasteiger partial charge >= 0.3 is 0 Å². The van der Waals surface area contributed by atoms with Crippen molar-refractivity contribution < 1.29 is 27.2 Å². The van der Waals surface area contributed by atoms with E-state index in [1.165, 1.54) is 0 Å². The van der Waals surface area contributed by atoms with Gasteiger partial charge in [-0.1, -0.05) is 5.16 Å². The lowest BCUT2D eigenvalue weighted by atomic mass is 10.1. The molecule has 1 aromatic heterocycles. The summed E-state index contributed by atoms with van der Waals surface area (Å²) in [6, 6.07) is -0.181. The molecular formula is C15H25N3O6S. The first-order chi connectivity index (χ1) is 11.8. The number of hydrogen-bond donors (Lipinski definition) is 2. The van der Waals surface area contributed by atoms with E-state index in [-0.39, 0.29) is 31.0 Å². The van der Waals surface area contributed by atoms with Gasteiger partial charge in [0.25, 0.3) is 0 Å². The summed E-state index contributed by atoms with van der Waals surface area (Å²) >= 11 is 0. The predicted molar refractivity (Wildman–Crippen MR) is 89.4 cm³/mol. The van der Waals surface area contributed by atoms with Crippen molar-refractivity contribution in [2.24, 2.45) is 0 Å². The summed E-state index contributed by atoms with van der Waals surface area (Å²) in [7, 11) is -3.30. The van der Waals surface area contributed by atoms with Crippen LogP contribution in [-0.2, 0) is 30.9 Å². The average Bonchev–Trinajstić information content (AvgIpc) is 2.84. The highest BCUT2D eigenvalue weighted by molar-refractivity contribution is 7.88.